The van der Waals surface area contributed by atoms with E-state index in [1.165, 1.54) is 5.56 Å². The number of hydrogen-bond donors (Lipinski definition) is 2. The van der Waals surface area contributed by atoms with Crippen molar-refractivity contribution < 1.29 is 9.59 Å². The molecule has 3 rings (SSSR count). The van der Waals surface area contributed by atoms with Crippen LogP contribution in [0.15, 0.2) is 54.6 Å². The number of carbonyl (C=O) groups excluding carboxylic acids is 2. The molecule has 1 unspecified atom stereocenters. The lowest BCUT2D eigenvalue weighted by Gasteiger charge is -2.17. The molecule has 0 radical (unpaired) electrons. The van der Waals surface area contributed by atoms with Crippen molar-refractivity contribution in [2.45, 2.75) is 25.9 Å². The van der Waals surface area contributed by atoms with E-state index in [0.717, 1.165) is 11.3 Å². The maximum Gasteiger partial charge on any atom is 0.315 e. The molecule has 0 aromatic heterocycles. The van der Waals surface area contributed by atoms with E-state index in [0.29, 0.717) is 19.5 Å². The van der Waals surface area contributed by atoms with Crippen LogP contribution in [0, 0.1) is 6.92 Å². The molecule has 2 aromatic rings. The van der Waals surface area contributed by atoms with E-state index in [1.54, 1.807) is 4.90 Å². The van der Waals surface area contributed by atoms with Gasteiger partial charge in [-0.1, -0.05) is 48.0 Å². The van der Waals surface area contributed by atoms with Crippen LogP contribution in [0.2, 0.25) is 0 Å². The first kappa shape index (κ1) is 16.1. The van der Waals surface area contributed by atoms with Crippen molar-refractivity contribution in [3.05, 3.63) is 65.7 Å². The Morgan fingerprint density at radius 1 is 1.12 bits per heavy atom. The van der Waals surface area contributed by atoms with E-state index in [4.69, 9.17) is 0 Å². The highest BCUT2D eigenvalue weighted by Gasteiger charge is 2.31. The molecule has 1 aliphatic rings. The van der Waals surface area contributed by atoms with Crippen LogP contribution in [0.3, 0.4) is 0 Å². The Balaban J connectivity index is 1.50. The van der Waals surface area contributed by atoms with Gasteiger partial charge in [-0.25, -0.2) is 4.79 Å². The summed E-state index contributed by atoms with van der Waals surface area (Å²) in [6, 6.07) is 17.1. The first-order valence-corrected chi connectivity index (χ1v) is 8.07. The van der Waals surface area contributed by atoms with Crippen molar-refractivity contribution in [3.63, 3.8) is 0 Å². The normalized spacial score (nSPS) is 17.0. The Bertz CT molecular complexity index is 713. The lowest BCUT2D eigenvalue weighted by atomic mass is 10.1. The molecule has 24 heavy (non-hydrogen) atoms. The SMILES string of the molecule is Cc1ccc(CNC(=O)NC2CC(=O)N(c3ccccc3)C2)cc1. The molecular weight excluding hydrogens is 302 g/mol. The highest BCUT2D eigenvalue weighted by molar-refractivity contribution is 5.96. The Labute approximate surface area is 141 Å². The van der Waals surface area contributed by atoms with Crippen LogP contribution in [0.25, 0.3) is 0 Å². The second-order valence-corrected chi connectivity index (χ2v) is 6.05. The second kappa shape index (κ2) is 7.17. The molecule has 2 aromatic carbocycles. The van der Waals surface area contributed by atoms with Gasteiger partial charge in [0, 0.05) is 25.2 Å². The standard InChI is InChI=1S/C19H21N3O2/c1-14-7-9-15(10-8-14)12-20-19(24)21-16-11-18(23)22(13-16)17-5-3-2-4-6-17/h2-10,16H,11-13H2,1H3,(H2,20,21,24). The minimum atomic E-state index is -0.247. The third-order valence-corrected chi connectivity index (χ3v) is 4.10. The van der Waals surface area contributed by atoms with E-state index < -0.39 is 0 Å². The quantitative estimate of drug-likeness (QED) is 0.908. The van der Waals surface area contributed by atoms with Crippen LogP contribution in [0.5, 0.6) is 0 Å². The minimum absolute atomic E-state index is 0.0324. The molecule has 1 atom stereocenters. The lowest BCUT2D eigenvalue weighted by molar-refractivity contribution is -0.117. The summed E-state index contributed by atoms with van der Waals surface area (Å²) in [5, 5.41) is 5.71. The summed E-state index contributed by atoms with van der Waals surface area (Å²) in [5.74, 6) is 0.0324. The topological polar surface area (TPSA) is 61.4 Å². The van der Waals surface area contributed by atoms with Gasteiger partial charge in [-0.3, -0.25) is 4.79 Å². The third-order valence-electron chi connectivity index (χ3n) is 4.10. The fourth-order valence-corrected chi connectivity index (χ4v) is 2.79. The predicted molar refractivity (Wildman–Crippen MR) is 93.8 cm³/mol. The van der Waals surface area contributed by atoms with Gasteiger partial charge in [-0.05, 0) is 24.6 Å². The van der Waals surface area contributed by atoms with Gasteiger partial charge in [0.1, 0.15) is 0 Å². The molecule has 3 amide bonds. The number of nitrogens with zero attached hydrogens (tertiary/aromatic N) is 1. The van der Waals surface area contributed by atoms with Gasteiger partial charge in [-0.2, -0.15) is 0 Å². The molecule has 1 fully saturated rings. The molecule has 0 aliphatic carbocycles. The number of urea groups is 1. The van der Waals surface area contributed by atoms with E-state index in [1.807, 2.05) is 61.5 Å². The molecule has 124 valence electrons. The number of carbonyl (C=O) groups is 2. The summed E-state index contributed by atoms with van der Waals surface area (Å²) >= 11 is 0. The predicted octanol–water partition coefficient (Wildman–Crippen LogP) is 2.60. The molecular formula is C19H21N3O2. The Kier molecular flexibility index (Phi) is 4.79. The lowest BCUT2D eigenvalue weighted by Crippen LogP contribution is -2.43. The van der Waals surface area contributed by atoms with Crippen LogP contribution >= 0.6 is 0 Å². The fraction of sp³-hybridized carbons (Fsp3) is 0.263. The molecule has 1 aliphatic heterocycles. The molecule has 1 heterocycles. The highest BCUT2D eigenvalue weighted by Crippen LogP contribution is 2.20. The number of hydrogen-bond acceptors (Lipinski definition) is 2. The summed E-state index contributed by atoms with van der Waals surface area (Å²) in [4.78, 5) is 25.9. The molecule has 0 saturated carbocycles. The summed E-state index contributed by atoms with van der Waals surface area (Å²) in [6.45, 7) is 3.00. The molecule has 5 nitrogen and oxygen atoms in total. The minimum Gasteiger partial charge on any atom is -0.334 e. The first-order valence-electron chi connectivity index (χ1n) is 8.07. The number of rotatable bonds is 4. The van der Waals surface area contributed by atoms with Crippen molar-refractivity contribution in [1.29, 1.82) is 0 Å². The largest absolute Gasteiger partial charge is 0.334 e. The average molecular weight is 323 g/mol. The number of amides is 3. The molecule has 1 saturated heterocycles. The fourth-order valence-electron chi connectivity index (χ4n) is 2.79. The van der Waals surface area contributed by atoms with Gasteiger partial charge in [0.2, 0.25) is 5.91 Å². The number of benzene rings is 2. The van der Waals surface area contributed by atoms with Crippen LogP contribution in [-0.2, 0) is 11.3 Å². The van der Waals surface area contributed by atoms with Gasteiger partial charge in [0.15, 0.2) is 0 Å². The zero-order chi connectivity index (χ0) is 16.9. The smallest absolute Gasteiger partial charge is 0.315 e. The zero-order valence-corrected chi connectivity index (χ0v) is 13.7. The number of aryl methyl sites for hydroxylation is 1. The Morgan fingerprint density at radius 2 is 1.83 bits per heavy atom. The second-order valence-electron chi connectivity index (χ2n) is 6.05. The first-order chi connectivity index (χ1) is 11.6. The highest BCUT2D eigenvalue weighted by atomic mass is 16.2. The maximum absolute atomic E-state index is 12.1. The molecule has 2 N–H and O–H groups in total. The average Bonchev–Trinajstić information content (AvgIpc) is 2.95. The van der Waals surface area contributed by atoms with Gasteiger partial charge >= 0.3 is 6.03 Å². The Morgan fingerprint density at radius 3 is 2.54 bits per heavy atom. The van der Waals surface area contributed by atoms with Crippen molar-refractivity contribution in [3.8, 4) is 0 Å². The number of para-hydroxylation sites is 1. The van der Waals surface area contributed by atoms with Crippen molar-refractivity contribution in [2.24, 2.45) is 0 Å². The van der Waals surface area contributed by atoms with Gasteiger partial charge in [0.05, 0.1) is 6.04 Å². The van der Waals surface area contributed by atoms with E-state index in [-0.39, 0.29) is 18.0 Å². The Hall–Kier alpha value is -2.82. The molecule has 5 heteroatoms. The summed E-state index contributed by atoms with van der Waals surface area (Å²) < 4.78 is 0. The van der Waals surface area contributed by atoms with E-state index in [9.17, 15) is 9.59 Å². The van der Waals surface area contributed by atoms with Crippen LogP contribution < -0.4 is 15.5 Å². The maximum atomic E-state index is 12.1. The molecule has 0 bridgehead atoms. The van der Waals surface area contributed by atoms with Gasteiger partial charge in [0.25, 0.3) is 0 Å². The number of anilines is 1. The van der Waals surface area contributed by atoms with E-state index in [2.05, 4.69) is 10.6 Å². The van der Waals surface area contributed by atoms with Crippen LogP contribution in [0.4, 0.5) is 10.5 Å². The number of nitrogens with one attached hydrogen (secondary N) is 2. The summed E-state index contributed by atoms with van der Waals surface area (Å²) in [7, 11) is 0. The summed E-state index contributed by atoms with van der Waals surface area (Å²) in [6.07, 6.45) is 0.326. The van der Waals surface area contributed by atoms with Gasteiger partial charge in [-0.15, -0.1) is 0 Å². The van der Waals surface area contributed by atoms with Crippen LogP contribution in [0.1, 0.15) is 17.5 Å². The van der Waals surface area contributed by atoms with Gasteiger partial charge < -0.3 is 15.5 Å². The van der Waals surface area contributed by atoms with Crippen molar-refractivity contribution >= 4 is 17.6 Å². The molecule has 0 spiro atoms. The zero-order valence-electron chi connectivity index (χ0n) is 13.7. The third kappa shape index (κ3) is 3.93. The van der Waals surface area contributed by atoms with Crippen LogP contribution in [-0.4, -0.2) is 24.5 Å². The monoisotopic (exact) mass is 323 g/mol. The summed E-state index contributed by atoms with van der Waals surface area (Å²) in [5.41, 5.74) is 3.10. The van der Waals surface area contributed by atoms with Crippen molar-refractivity contribution in [1.82, 2.24) is 10.6 Å². The van der Waals surface area contributed by atoms with Crippen molar-refractivity contribution in [2.75, 3.05) is 11.4 Å². The van der Waals surface area contributed by atoms with E-state index >= 15 is 0 Å².